The first-order valence-corrected chi connectivity index (χ1v) is 20.2. The summed E-state index contributed by atoms with van der Waals surface area (Å²) in [6.45, 7) is 0.928. The van der Waals surface area contributed by atoms with Crippen LogP contribution in [0, 0.1) is 11.8 Å². The molecule has 2 N–H and O–H groups in total. The zero-order valence-electron chi connectivity index (χ0n) is 31.7. The highest BCUT2D eigenvalue weighted by Gasteiger charge is 2.61. The highest BCUT2D eigenvalue weighted by atomic mass is 16.3. The molecule has 5 nitrogen and oxygen atoms in total. The van der Waals surface area contributed by atoms with Gasteiger partial charge in [-0.1, -0.05) is 182 Å². The zero-order valence-corrected chi connectivity index (χ0v) is 31.7. The summed E-state index contributed by atoms with van der Waals surface area (Å²) in [5.41, 5.74) is 6.51. The number of aliphatic hydroxyl groups excluding tert-OH is 2. The van der Waals surface area contributed by atoms with Crippen LogP contribution in [-0.2, 0) is 23.7 Å². The highest BCUT2D eigenvalue weighted by molar-refractivity contribution is 5.76. The molecule has 6 atom stereocenters. The Bertz CT molecular complexity index is 1960. The van der Waals surface area contributed by atoms with Crippen LogP contribution in [0.5, 0.6) is 0 Å². The summed E-state index contributed by atoms with van der Waals surface area (Å²) in [6.07, 6.45) is 0.340. The van der Waals surface area contributed by atoms with Crippen molar-refractivity contribution in [1.82, 2.24) is 9.80 Å². The molecule has 0 spiro atoms. The molecule has 0 bridgehead atoms. The number of urea groups is 1. The first-order valence-electron chi connectivity index (χ1n) is 20.2. The first kappa shape index (κ1) is 36.2. The van der Waals surface area contributed by atoms with Gasteiger partial charge in [0.05, 0.1) is 12.1 Å². The van der Waals surface area contributed by atoms with Crippen molar-refractivity contribution in [3.8, 4) is 0 Å². The Kier molecular flexibility index (Phi) is 9.83. The van der Waals surface area contributed by atoms with Crippen molar-refractivity contribution in [2.24, 2.45) is 11.8 Å². The SMILES string of the molecule is O=C1N(C[C@@H]2CC2(c2ccccc2)c2ccccc2)[C@H](Cc2ccccc2)[C@H](O)[C@@H](O)[C@@H](Cc2ccccc2)N1C[C@@H]1CC1(c1ccccc1)c1ccccc1. The van der Waals surface area contributed by atoms with Crippen LogP contribution in [0.3, 0.4) is 0 Å². The Morgan fingerprint density at radius 3 is 0.982 bits per heavy atom. The molecule has 6 aromatic carbocycles. The van der Waals surface area contributed by atoms with E-state index >= 15 is 4.79 Å². The number of amides is 2. The van der Waals surface area contributed by atoms with Crippen LogP contribution in [0.4, 0.5) is 4.79 Å². The average Bonchev–Trinajstić information content (AvgIpc) is 4.19. The molecule has 9 rings (SSSR count). The summed E-state index contributed by atoms with van der Waals surface area (Å²) in [6, 6.07) is 61.5. The van der Waals surface area contributed by atoms with Gasteiger partial charge < -0.3 is 20.0 Å². The van der Waals surface area contributed by atoms with Crippen molar-refractivity contribution >= 4 is 6.03 Å². The van der Waals surface area contributed by atoms with Crippen LogP contribution in [-0.4, -0.2) is 63.4 Å². The second kappa shape index (κ2) is 15.2. The Balaban J connectivity index is 1.13. The molecule has 5 heteroatoms. The summed E-state index contributed by atoms with van der Waals surface area (Å²) >= 11 is 0. The predicted molar refractivity (Wildman–Crippen MR) is 222 cm³/mol. The third-order valence-corrected chi connectivity index (χ3v) is 13.2. The molecule has 3 aliphatic rings. The van der Waals surface area contributed by atoms with E-state index in [2.05, 4.69) is 146 Å². The van der Waals surface area contributed by atoms with Crippen molar-refractivity contribution < 1.29 is 15.0 Å². The Morgan fingerprint density at radius 1 is 0.429 bits per heavy atom. The maximum Gasteiger partial charge on any atom is 0.320 e. The van der Waals surface area contributed by atoms with Crippen LogP contribution in [0.1, 0.15) is 46.2 Å². The van der Waals surface area contributed by atoms with Crippen molar-refractivity contribution in [3.63, 3.8) is 0 Å². The van der Waals surface area contributed by atoms with Gasteiger partial charge in [-0.05, 0) is 70.9 Å². The van der Waals surface area contributed by atoms with Gasteiger partial charge in [0, 0.05) is 23.9 Å². The first-order chi connectivity index (χ1) is 27.5. The van der Waals surface area contributed by atoms with Gasteiger partial charge in [-0.3, -0.25) is 0 Å². The zero-order chi connectivity index (χ0) is 38.1. The van der Waals surface area contributed by atoms with Crippen LogP contribution in [0.25, 0.3) is 0 Å². The van der Waals surface area contributed by atoms with Gasteiger partial charge in [0.1, 0.15) is 12.2 Å². The molecule has 0 aromatic heterocycles. The average molecular weight is 739 g/mol. The molecule has 56 heavy (non-hydrogen) atoms. The second-order valence-electron chi connectivity index (χ2n) is 16.3. The molecular formula is C51H50N2O3. The topological polar surface area (TPSA) is 64.0 Å². The number of aliphatic hydroxyl groups is 2. The number of hydrogen-bond acceptors (Lipinski definition) is 3. The molecule has 1 aliphatic heterocycles. The van der Waals surface area contributed by atoms with E-state index in [4.69, 9.17) is 0 Å². The van der Waals surface area contributed by atoms with E-state index < -0.39 is 24.3 Å². The number of rotatable bonds is 12. The number of nitrogens with zero attached hydrogens (tertiary/aromatic N) is 2. The molecule has 282 valence electrons. The predicted octanol–water partition coefficient (Wildman–Crippen LogP) is 8.68. The number of benzene rings is 6. The largest absolute Gasteiger partial charge is 0.388 e. The smallest absolute Gasteiger partial charge is 0.320 e. The van der Waals surface area contributed by atoms with E-state index in [0.29, 0.717) is 25.9 Å². The molecule has 1 saturated heterocycles. The molecular weight excluding hydrogens is 689 g/mol. The molecule has 3 fully saturated rings. The van der Waals surface area contributed by atoms with Gasteiger partial charge in [0.2, 0.25) is 0 Å². The second-order valence-corrected chi connectivity index (χ2v) is 16.3. The monoisotopic (exact) mass is 738 g/mol. The number of hydrogen-bond donors (Lipinski definition) is 2. The lowest BCUT2D eigenvalue weighted by molar-refractivity contribution is -0.0403. The van der Waals surface area contributed by atoms with E-state index in [-0.39, 0.29) is 28.7 Å². The quantitative estimate of drug-likeness (QED) is 0.132. The molecule has 0 radical (unpaired) electrons. The van der Waals surface area contributed by atoms with E-state index in [9.17, 15) is 10.2 Å². The van der Waals surface area contributed by atoms with Crippen LogP contribution < -0.4 is 0 Å². The minimum absolute atomic E-state index is 0.105. The third-order valence-electron chi connectivity index (χ3n) is 13.2. The van der Waals surface area contributed by atoms with Crippen LogP contribution >= 0.6 is 0 Å². The maximum atomic E-state index is 15.8. The van der Waals surface area contributed by atoms with Gasteiger partial charge in [-0.15, -0.1) is 0 Å². The molecule has 6 aromatic rings. The highest BCUT2D eigenvalue weighted by Crippen LogP contribution is 2.61. The van der Waals surface area contributed by atoms with Crippen molar-refractivity contribution in [1.29, 1.82) is 0 Å². The number of carbonyl (C=O) groups is 1. The minimum Gasteiger partial charge on any atom is -0.388 e. The number of carbonyl (C=O) groups excluding carboxylic acids is 1. The van der Waals surface area contributed by atoms with Crippen molar-refractivity contribution in [2.45, 2.75) is 60.8 Å². The van der Waals surface area contributed by atoms with E-state index in [1.165, 1.54) is 22.3 Å². The normalized spacial score (nSPS) is 25.0. The lowest BCUT2D eigenvalue weighted by atomic mass is 9.85. The fourth-order valence-electron chi connectivity index (χ4n) is 10.1. The summed E-state index contributed by atoms with van der Waals surface area (Å²) in [7, 11) is 0. The standard InChI is InChI=1S/C51H50N2O3/c54-47-45(31-37-19-7-1-8-20-37)52(35-43-33-50(43,39-23-11-3-12-24-39)40-25-13-4-14-26-40)49(56)53(46(48(47)55)32-38-21-9-2-10-22-38)36-44-34-51(44,41-27-15-5-16-28-41)42-29-17-6-18-30-42/h1-30,43-48,54-55H,31-36H2/t43-,44-,45+,46+,47-,48-/m0/s1. The molecule has 2 amide bonds. The summed E-state index contributed by atoms with van der Waals surface area (Å²) in [4.78, 5) is 19.7. The summed E-state index contributed by atoms with van der Waals surface area (Å²) in [5.74, 6) is 0.250. The fraction of sp³-hybridized carbons (Fsp3) is 0.275. The molecule has 1 heterocycles. The third kappa shape index (κ3) is 6.63. The summed E-state index contributed by atoms with van der Waals surface area (Å²) in [5, 5.41) is 24.9. The van der Waals surface area contributed by atoms with Crippen molar-refractivity contribution in [3.05, 3.63) is 215 Å². The maximum absolute atomic E-state index is 15.8. The minimum atomic E-state index is -1.16. The molecule has 2 saturated carbocycles. The van der Waals surface area contributed by atoms with E-state index in [1.807, 2.05) is 46.2 Å². The Morgan fingerprint density at radius 2 is 0.696 bits per heavy atom. The lowest BCUT2D eigenvalue weighted by Crippen LogP contribution is -2.52. The van der Waals surface area contributed by atoms with Gasteiger partial charge in [-0.2, -0.15) is 0 Å². The van der Waals surface area contributed by atoms with Gasteiger partial charge in [0.15, 0.2) is 0 Å². The Hall–Kier alpha value is -5.49. The van der Waals surface area contributed by atoms with Crippen molar-refractivity contribution in [2.75, 3.05) is 13.1 Å². The van der Waals surface area contributed by atoms with E-state index in [1.54, 1.807) is 0 Å². The molecule has 2 aliphatic carbocycles. The summed E-state index contributed by atoms with van der Waals surface area (Å²) < 4.78 is 0. The Labute approximate surface area is 330 Å². The lowest BCUT2D eigenvalue weighted by Gasteiger charge is -2.37. The molecule has 0 unspecified atom stereocenters. The van der Waals surface area contributed by atoms with Crippen LogP contribution in [0.2, 0.25) is 0 Å². The fourth-order valence-corrected chi connectivity index (χ4v) is 10.1. The van der Waals surface area contributed by atoms with Gasteiger partial charge >= 0.3 is 6.03 Å². The van der Waals surface area contributed by atoms with Gasteiger partial charge in [-0.25, -0.2) is 4.79 Å². The van der Waals surface area contributed by atoms with Crippen LogP contribution in [0.15, 0.2) is 182 Å². The van der Waals surface area contributed by atoms with Gasteiger partial charge in [0.25, 0.3) is 0 Å². The van der Waals surface area contributed by atoms with E-state index in [0.717, 1.165) is 24.0 Å².